The van der Waals surface area contributed by atoms with Gasteiger partial charge in [0, 0.05) is 26.2 Å². The number of sulfonamides is 1. The van der Waals surface area contributed by atoms with Crippen molar-refractivity contribution >= 4 is 16.0 Å². The van der Waals surface area contributed by atoms with Crippen LogP contribution in [-0.4, -0.2) is 65.9 Å². The molecule has 2 heterocycles. The van der Waals surface area contributed by atoms with Crippen molar-refractivity contribution in [3.8, 4) is 5.75 Å². The number of hydrogen-bond donors (Lipinski definition) is 2. The lowest BCUT2D eigenvalue weighted by Crippen LogP contribution is -2.46. The molecule has 0 unspecified atom stereocenters. The van der Waals surface area contributed by atoms with Gasteiger partial charge in [-0.25, -0.2) is 13.4 Å². The van der Waals surface area contributed by atoms with Crippen LogP contribution in [0.2, 0.25) is 0 Å². The normalized spacial score (nSPS) is 17.7. The molecule has 2 N–H and O–H groups in total. The number of nitrogens with zero attached hydrogens (tertiary/aromatic N) is 5. The summed E-state index contributed by atoms with van der Waals surface area (Å²) < 4.78 is 32.7. The lowest BCUT2D eigenvalue weighted by molar-refractivity contribution is 0.387. The Morgan fingerprint density at radius 3 is 2.61 bits per heavy atom. The molecule has 1 aromatic carbocycles. The zero-order chi connectivity index (χ0) is 22.4. The highest BCUT2D eigenvalue weighted by molar-refractivity contribution is 7.88. The van der Waals surface area contributed by atoms with Gasteiger partial charge in [-0.05, 0) is 37.5 Å². The molecule has 1 aliphatic rings. The van der Waals surface area contributed by atoms with Crippen LogP contribution >= 0.6 is 0 Å². The molecule has 31 heavy (non-hydrogen) atoms. The number of benzene rings is 1. The van der Waals surface area contributed by atoms with Crippen molar-refractivity contribution < 1.29 is 13.2 Å². The van der Waals surface area contributed by atoms with Crippen molar-refractivity contribution in [3.63, 3.8) is 0 Å². The molecule has 1 saturated heterocycles. The van der Waals surface area contributed by atoms with E-state index in [4.69, 9.17) is 4.74 Å². The third-order valence-electron chi connectivity index (χ3n) is 5.43. The van der Waals surface area contributed by atoms with Crippen LogP contribution in [0.4, 0.5) is 0 Å². The number of hydrogen-bond acceptors (Lipinski definition) is 6. The molecule has 1 aliphatic heterocycles. The van der Waals surface area contributed by atoms with Gasteiger partial charge in [-0.15, -0.1) is 10.2 Å². The molecule has 0 aliphatic carbocycles. The maximum Gasteiger partial charge on any atom is 0.211 e. The van der Waals surface area contributed by atoms with E-state index in [1.807, 2.05) is 42.8 Å². The second-order valence-corrected chi connectivity index (χ2v) is 9.57. The van der Waals surface area contributed by atoms with Crippen LogP contribution in [0.15, 0.2) is 29.3 Å². The summed E-state index contributed by atoms with van der Waals surface area (Å²) in [6.45, 7) is 3.87. The van der Waals surface area contributed by atoms with Crippen molar-refractivity contribution in [1.82, 2.24) is 29.7 Å². The molecule has 0 saturated carbocycles. The van der Waals surface area contributed by atoms with E-state index in [1.165, 1.54) is 6.26 Å². The number of aliphatic imine (C=N–C) groups is 1. The molecule has 2 aromatic rings. The molecule has 0 spiro atoms. The Hall–Kier alpha value is -2.66. The summed E-state index contributed by atoms with van der Waals surface area (Å²) in [5, 5.41) is 14.8. The fourth-order valence-electron chi connectivity index (χ4n) is 3.51. The van der Waals surface area contributed by atoms with E-state index >= 15 is 0 Å². The molecule has 170 valence electrons. The Morgan fingerprint density at radius 1 is 1.26 bits per heavy atom. The van der Waals surface area contributed by atoms with Gasteiger partial charge < -0.3 is 19.9 Å². The van der Waals surface area contributed by atoms with Gasteiger partial charge in [-0.1, -0.05) is 12.1 Å². The van der Waals surface area contributed by atoms with Gasteiger partial charge in [0.1, 0.15) is 11.6 Å². The fourth-order valence-corrected chi connectivity index (χ4v) is 4.69. The quantitative estimate of drug-likeness (QED) is 0.452. The summed E-state index contributed by atoms with van der Waals surface area (Å²) in [5.41, 5.74) is 1.04. The molecule has 0 bridgehead atoms. The van der Waals surface area contributed by atoms with E-state index < -0.39 is 10.0 Å². The first-order valence-electron chi connectivity index (χ1n) is 10.2. The summed E-state index contributed by atoms with van der Waals surface area (Å²) in [7, 11) is 0.328. The monoisotopic (exact) mass is 449 g/mol. The number of nitrogens with one attached hydrogen (secondary N) is 2. The Balaban J connectivity index is 1.68. The number of rotatable bonds is 8. The lowest BCUT2D eigenvalue weighted by atomic mass is 10.2. The van der Waals surface area contributed by atoms with Gasteiger partial charge in [0.05, 0.1) is 26.5 Å². The van der Waals surface area contributed by atoms with Crippen molar-refractivity contribution in [3.05, 3.63) is 41.5 Å². The van der Waals surface area contributed by atoms with Gasteiger partial charge in [0.25, 0.3) is 0 Å². The standard InChI is InChI=1S/C20H31N7O3S/c1-15-24-25-19(26(15)2)14-23-20(21-12-16-7-9-18(30-3)10-8-16)22-13-17-6-5-11-27(17)31(4,28)29/h7-10,17H,5-6,11-14H2,1-4H3,(H2,21,22,23)/t17-/m1/s1. The van der Waals surface area contributed by atoms with Gasteiger partial charge in [0.15, 0.2) is 11.8 Å². The molecular weight excluding hydrogens is 418 g/mol. The molecule has 10 nitrogen and oxygen atoms in total. The summed E-state index contributed by atoms with van der Waals surface area (Å²) in [6.07, 6.45) is 2.95. The molecule has 0 radical (unpaired) electrons. The predicted molar refractivity (Wildman–Crippen MR) is 119 cm³/mol. The molecular formula is C20H31N7O3S. The van der Waals surface area contributed by atoms with E-state index in [9.17, 15) is 8.42 Å². The summed E-state index contributed by atoms with van der Waals surface area (Å²) in [4.78, 5) is 4.68. The predicted octanol–water partition coefficient (Wildman–Crippen LogP) is 0.792. The first kappa shape index (κ1) is 23.0. The highest BCUT2D eigenvalue weighted by atomic mass is 32.2. The van der Waals surface area contributed by atoms with Crippen molar-refractivity contribution in [2.45, 2.75) is 38.9 Å². The number of guanidine groups is 1. The third kappa shape index (κ3) is 6.17. The Bertz CT molecular complexity index is 1000. The first-order chi connectivity index (χ1) is 14.8. The molecule has 1 aromatic heterocycles. The minimum absolute atomic E-state index is 0.0833. The molecule has 0 amide bonds. The van der Waals surface area contributed by atoms with Crippen LogP contribution in [0.25, 0.3) is 0 Å². The fraction of sp³-hybridized carbons (Fsp3) is 0.550. The maximum absolute atomic E-state index is 12.0. The minimum atomic E-state index is -3.22. The average Bonchev–Trinajstić information content (AvgIpc) is 3.35. The number of ether oxygens (including phenoxy) is 1. The number of aryl methyl sites for hydroxylation is 1. The minimum Gasteiger partial charge on any atom is -0.497 e. The maximum atomic E-state index is 12.0. The highest BCUT2D eigenvalue weighted by Crippen LogP contribution is 2.19. The Labute approximate surface area is 183 Å². The van der Waals surface area contributed by atoms with E-state index in [0.29, 0.717) is 32.1 Å². The van der Waals surface area contributed by atoms with Crippen LogP contribution in [0.1, 0.15) is 30.1 Å². The smallest absolute Gasteiger partial charge is 0.211 e. The van der Waals surface area contributed by atoms with Gasteiger partial charge in [0.2, 0.25) is 10.0 Å². The number of methoxy groups -OCH3 is 1. The van der Waals surface area contributed by atoms with Crippen molar-refractivity contribution in [1.29, 1.82) is 0 Å². The molecule has 3 rings (SSSR count). The first-order valence-corrected chi connectivity index (χ1v) is 12.1. The zero-order valence-corrected chi connectivity index (χ0v) is 19.3. The van der Waals surface area contributed by atoms with Crippen LogP contribution < -0.4 is 15.4 Å². The van der Waals surface area contributed by atoms with E-state index in [1.54, 1.807) is 11.4 Å². The average molecular weight is 450 g/mol. The second kappa shape index (κ2) is 10.1. The van der Waals surface area contributed by atoms with Crippen LogP contribution in [0.3, 0.4) is 0 Å². The Kier molecular flexibility index (Phi) is 7.50. The van der Waals surface area contributed by atoms with Gasteiger partial charge in [-0.2, -0.15) is 4.31 Å². The van der Waals surface area contributed by atoms with Gasteiger partial charge in [-0.3, -0.25) is 0 Å². The van der Waals surface area contributed by atoms with Crippen molar-refractivity contribution in [2.75, 3.05) is 26.5 Å². The molecule has 1 fully saturated rings. The highest BCUT2D eigenvalue weighted by Gasteiger charge is 2.31. The van der Waals surface area contributed by atoms with Crippen LogP contribution in [0, 0.1) is 6.92 Å². The summed E-state index contributed by atoms with van der Waals surface area (Å²) in [6, 6.07) is 7.65. The summed E-state index contributed by atoms with van der Waals surface area (Å²) >= 11 is 0. The number of aromatic nitrogens is 3. The topological polar surface area (TPSA) is 114 Å². The van der Waals surface area contributed by atoms with E-state index in [0.717, 1.165) is 35.8 Å². The van der Waals surface area contributed by atoms with Gasteiger partial charge >= 0.3 is 0 Å². The van der Waals surface area contributed by atoms with Crippen LogP contribution in [0.5, 0.6) is 5.75 Å². The lowest BCUT2D eigenvalue weighted by Gasteiger charge is -2.23. The van der Waals surface area contributed by atoms with Crippen LogP contribution in [-0.2, 0) is 30.2 Å². The van der Waals surface area contributed by atoms with Crippen molar-refractivity contribution in [2.24, 2.45) is 12.0 Å². The Morgan fingerprint density at radius 2 is 2.00 bits per heavy atom. The summed E-state index contributed by atoms with van der Waals surface area (Å²) in [5.74, 6) is 3.01. The molecule has 1 atom stereocenters. The second-order valence-electron chi connectivity index (χ2n) is 7.64. The molecule has 11 heteroatoms. The third-order valence-corrected chi connectivity index (χ3v) is 6.76. The zero-order valence-electron chi connectivity index (χ0n) is 18.5. The largest absolute Gasteiger partial charge is 0.497 e. The van der Waals surface area contributed by atoms with E-state index in [-0.39, 0.29) is 6.04 Å². The van der Waals surface area contributed by atoms with E-state index in [2.05, 4.69) is 25.8 Å². The SMILES string of the molecule is COc1ccc(CN=C(NCc2nnc(C)n2C)NC[C@H]2CCCN2S(C)(=O)=O)cc1.